The Balaban J connectivity index is 1.21. The number of benzene rings is 7. The van der Waals surface area contributed by atoms with Crippen LogP contribution in [0.5, 0.6) is 0 Å². The average Bonchev–Trinajstić information content (AvgIpc) is 3.61. The second-order valence-electron chi connectivity index (χ2n) is 13.8. The molecule has 54 heavy (non-hydrogen) atoms. The molecule has 3 nitrogen and oxygen atoms in total. The van der Waals surface area contributed by atoms with Gasteiger partial charge in [-0.2, -0.15) is 0 Å². The number of pyridine rings is 1. The molecule has 0 fully saturated rings. The van der Waals surface area contributed by atoms with E-state index in [1.54, 1.807) is 0 Å². The van der Waals surface area contributed by atoms with Crippen molar-refractivity contribution in [1.29, 1.82) is 0 Å². The number of nitrogens with zero attached hydrogens (tertiary/aromatic N) is 3. The SMILES string of the molecule is [B]C([B])([B])C([B])([B])c1nc2ccccc2n1-c1cccc(-c2cccc(-c3c4ccccc4c(-c4cccc(-c5ccccn5)c4)c4ccccc34)c2)c1. The van der Waals surface area contributed by atoms with Crippen LogP contribution in [0.1, 0.15) is 5.82 Å². The first-order chi connectivity index (χ1) is 26.2. The molecule has 9 rings (SSSR count). The van der Waals surface area contributed by atoms with Gasteiger partial charge in [0.2, 0.25) is 0 Å². The summed E-state index contributed by atoms with van der Waals surface area (Å²) < 4.78 is 1.88. The van der Waals surface area contributed by atoms with Gasteiger partial charge in [-0.15, -0.1) is 5.11 Å². The predicted octanol–water partition coefficient (Wildman–Crippen LogP) is 9.46. The summed E-state index contributed by atoms with van der Waals surface area (Å²) in [6.07, 6.45) is 1.83. The van der Waals surface area contributed by atoms with Gasteiger partial charge >= 0.3 is 0 Å². The van der Waals surface area contributed by atoms with Crippen LogP contribution in [0.15, 0.2) is 170 Å². The molecule has 0 bridgehead atoms. The topological polar surface area (TPSA) is 30.7 Å². The molecule has 0 amide bonds. The van der Waals surface area contributed by atoms with Crippen molar-refractivity contribution in [1.82, 2.24) is 14.5 Å². The van der Waals surface area contributed by atoms with Gasteiger partial charge in [-0.3, -0.25) is 9.55 Å². The molecule has 2 aromatic heterocycles. The van der Waals surface area contributed by atoms with E-state index in [0.717, 1.165) is 44.7 Å². The summed E-state index contributed by atoms with van der Waals surface area (Å²) in [6.45, 7) is 0. The lowest BCUT2D eigenvalue weighted by molar-refractivity contribution is 0.757. The Labute approximate surface area is 321 Å². The Morgan fingerprint density at radius 3 is 1.54 bits per heavy atom. The number of para-hydroxylation sites is 2. The van der Waals surface area contributed by atoms with Crippen LogP contribution in [0, 0.1) is 0 Å². The van der Waals surface area contributed by atoms with Crippen molar-refractivity contribution in [3.05, 3.63) is 176 Å². The van der Waals surface area contributed by atoms with Crippen LogP contribution in [-0.2, 0) is 5.21 Å². The van der Waals surface area contributed by atoms with Crippen molar-refractivity contribution in [2.45, 2.75) is 10.3 Å². The number of imidazole rings is 1. The average molecular weight is 677 g/mol. The molecule has 10 radical (unpaired) electrons. The lowest BCUT2D eigenvalue weighted by atomic mass is 9.23. The van der Waals surface area contributed by atoms with Gasteiger partial charge in [0.1, 0.15) is 5.82 Å². The second-order valence-corrected chi connectivity index (χ2v) is 13.8. The molecule has 0 saturated heterocycles. The molecule has 0 saturated carbocycles. The van der Waals surface area contributed by atoms with Gasteiger partial charge < -0.3 is 0 Å². The van der Waals surface area contributed by atoms with Gasteiger partial charge in [-0.05, 0) is 103 Å². The van der Waals surface area contributed by atoms with Gasteiger partial charge in [0.25, 0.3) is 0 Å². The fourth-order valence-corrected chi connectivity index (χ4v) is 7.56. The number of aromatic nitrogens is 3. The zero-order valence-electron chi connectivity index (χ0n) is 29.4. The van der Waals surface area contributed by atoms with Crippen LogP contribution in [-0.4, -0.2) is 53.8 Å². The first-order valence-electron chi connectivity index (χ1n) is 17.8. The summed E-state index contributed by atoms with van der Waals surface area (Å²) in [4.78, 5) is 9.38. The van der Waals surface area contributed by atoms with Crippen LogP contribution < -0.4 is 0 Å². The zero-order valence-corrected chi connectivity index (χ0v) is 29.4. The molecule has 0 aliphatic rings. The Morgan fingerprint density at radius 1 is 0.444 bits per heavy atom. The predicted molar refractivity (Wildman–Crippen MR) is 229 cm³/mol. The van der Waals surface area contributed by atoms with Crippen LogP contribution in [0.25, 0.3) is 82.9 Å². The van der Waals surface area contributed by atoms with Gasteiger partial charge in [0.05, 0.1) is 56.0 Å². The first-order valence-corrected chi connectivity index (χ1v) is 17.8. The van der Waals surface area contributed by atoms with Crippen molar-refractivity contribution >= 4 is 71.8 Å². The third-order valence-corrected chi connectivity index (χ3v) is 10.3. The molecule has 0 aliphatic carbocycles. The molecule has 0 atom stereocenters. The maximum absolute atomic E-state index is 6.54. The molecule has 9 aromatic rings. The summed E-state index contributed by atoms with van der Waals surface area (Å²) in [6, 6.07) is 56.5. The molecule has 0 N–H and O–H groups in total. The summed E-state index contributed by atoms with van der Waals surface area (Å²) in [5.41, 5.74) is 11.0. The third-order valence-electron chi connectivity index (χ3n) is 10.3. The van der Waals surface area contributed by atoms with Crippen molar-refractivity contribution < 1.29 is 0 Å². The first kappa shape index (κ1) is 33.8. The molecular formula is C46H28B5N3. The summed E-state index contributed by atoms with van der Waals surface area (Å²) >= 11 is 0. The van der Waals surface area contributed by atoms with E-state index in [4.69, 9.17) is 44.2 Å². The van der Waals surface area contributed by atoms with Crippen molar-refractivity contribution in [3.8, 4) is 50.3 Å². The maximum Gasteiger partial charge on any atom is 0.101 e. The van der Waals surface area contributed by atoms with Gasteiger partial charge in [0.15, 0.2) is 0 Å². The highest BCUT2D eigenvalue weighted by molar-refractivity contribution is 6.67. The molecule has 0 spiro atoms. The molecular weight excluding hydrogens is 649 g/mol. The Morgan fingerprint density at radius 2 is 0.944 bits per heavy atom. The van der Waals surface area contributed by atoms with E-state index in [1.807, 2.05) is 65.4 Å². The van der Waals surface area contributed by atoms with E-state index in [0.29, 0.717) is 5.52 Å². The van der Waals surface area contributed by atoms with E-state index in [2.05, 4.69) is 114 Å². The van der Waals surface area contributed by atoms with Gasteiger partial charge in [0, 0.05) is 17.4 Å². The van der Waals surface area contributed by atoms with Crippen LogP contribution in [0.4, 0.5) is 0 Å². The molecule has 8 heteroatoms. The van der Waals surface area contributed by atoms with E-state index in [1.165, 1.54) is 32.7 Å². The lowest BCUT2D eigenvalue weighted by Gasteiger charge is -2.41. The fourth-order valence-electron chi connectivity index (χ4n) is 7.56. The standard InChI is InChI=1S/C46H28B5N3/c47-45(48,46(49,50)51)44-53-40-23-5-6-24-41(40)54(44)34-17-11-13-30(28-34)29-12-9-15-32(26-29)42-35-18-1-3-20-37(35)43(38-21-4-2-19-36(38)42)33-16-10-14-31(27-33)39-22-7-8-25-52-39/h1-28H. The smallest absolute Gasteiger partial charge is 0.101 e. The minimum atomic E-state index is -1.94. The van der Waals surface area contributed by atoms with Crippen molar-refractivity contribution in [2.24, 2.45) is 0 Å². The van der Waals surface area contributed by atoms with Crippen LogP contribution in [0.2, 0.25) is 5.11 Å². The number of fused-ring (bicyclic) bond motifs is 3. The van der Waals surface area contributed by atoms with Crippen molar-refractivity contribution in [2.75, 3.05) is 0 Å². The third kappa shape index (κ3) is 5.69. The fraction of sp³-hybridized carbons (Fsp3) is 0.0435. The van der Waals surface area contributed by atoms with E-state index < -0.39 is 10.3 Å². The van der Waals surface area contributed by atoms with E-state index in [9.17, 15) is 0 Å². The monoisotopic (exact) mass is 677 g/mol. The molecule has 7 aromatic carbocycles. The van der Waals surface area contributed by atoms with Gasteiger partial charge in [-0.1, -0.05) is 120 Å². The van der Waals surface area contributed by atoms with E-state index in [-0.39, 0.29) is 5.82 Å². The van der Waals surface area contributed by atoms with E-state index >= 15 is 0 Å². The van der Waals surface area contributed by atoms with Crippen LogP contribution in [0.3, 0.4) is 0 Å². The summed E-state index contributed by atoms with van der Waals surface area (Å²) in [5.74, 6) is 0.255. The highest BCUT2D eigenvalue weighted by Gasteiger charge is 2.36. The Hall–Kier alpha value is -6.00. The summed E-state index contributed by atoms with van der Waals surface area (Å²) in [5, 5.41) is 0.909. The normalized spacial score (nSPS) is 12.1. The quantitative estimate of drug-likeness (QED) is 0.124. The number of hydrogen-bond acceptors (Lipinski definition) is 2. The molecule has 242 valence electrons. The summed E-state index contributed by atoms with van der Waals surface area (Å²) in [7, 11) is 31.4. The largest absolute Gasteiger partial charge is 0.297 e. The van der Waals surface area contributed by atoms with Gasteiger partial charge in [-0.25, -0.2) is 4.98 Å². The number of hydrogen-bond donors (Lipinski definition) is 0. The van der Waals surface area contributed by atoms with Crippen LogP contribution >= 0.6 is 0 Å². The highest BCUT2D eigenvalue weighted by Crippen LogP contribution is 2.45. The second kappa shape index (κ2) is 13.1. The minimum Gasteiger partial charge on any atom is -0.297 e. The minimum absolute atomic E-state index is 0.255. The molecule has 2 heterocycles. The van der Waals surface area contributed by atoms with Crippen molar-refractivity contribution in [3.63, 3.8) is 0 Å². The molecule has 0 aliphatic heterocycles. The Kier molecular flexibility index (Phi) is 8.23. The lowest BCUT2D eigenvalue weighted by Crippen LogP contribution is -2.45. The highest BCUT2D eigenvalue weighted by atomic mass is 15.1. The zero-order chi connectivity index (χ0) is 37.0. The molecule has 0 unspecified atom stereocenters. The maximum atomic E-state index is 6.54. The Bertz CT molecular complexity index is 2800. The number of rotatable bonds is 7.